The van der Waals surface area contributed by atoms with Gasteiger partial charge in [0.1, 0.15) is 4.70 Å². The maximum absolute atomic E-state index is 12.2. The predicted molar refractivity (Wildman–Crippen MR) is 95.7 cm³/mol. The highest BCUT2D eigenvalue weighted by Crippen LogP contribution is 2.21. The molecular formula is C15H12ClN3O2S2. The van der Waals surface area contributed by atoms with E-state index in [1.165, 1.54) is 27.7 Å². The zero-order chi connectivity index (χ0) is 16.4. The third kappa shape index (κ3) is 3.57. The number of anilines is 1. The first-order chi connectivity index (χ1) is 11.0. The standard InChI is InChI=1S/C15H12ClN3O2S2/c1-19-14(21)13-11(5-6-22-13)18-15(19)23-8-12(20)17-10-4-2-3-9(16)7-10/h2-7H,8H2,1H3,(H,17,20). The van der Waals surface area contributed by atoms with Gasteiger partial charge in [0, 0.05) is 17.8 Å². The molecule has 3 rings (SSSR count). The Balaban J connectivity index is 1.72. The van der Waals surface area contributed by atoms with E-state index >= 15 is 0 Å². The van der Waals surface area contributed by atoms with Crippen LogP contribution in [0.1, 0.15) is 0 Å². The van der Waals surface area contributed by atoms with Gasteiger partial charge in [-0.25, -0.2) is 4.98 Å². The van der Waals surface area contributed by atoms with E-state index in [0.717, 1.165) is 0 Å². The molecule has 23 heavy (non-hydrogen) atoms. The van der Waals surface area contributed by atoms with Gasteiger partial charge in [0.2, 0.25) is 5.91 Å². The molecule has 2 heterocycles. The number of hydrogen-bond acceptors (Lipinski definition) is 5. The second kappa shape index (κ2) is 6.74. The van der Waals surface area contributed by atoms with Gasteiger partial charge in [-0.15, -0.1) is 11.3 Å². The molecule has 0 bridgehead atoms. The summed E-state index contributed by atoms with van der Waals surface area (Å²) in [5.41, 5.74) is 1.21. The van der Waals surface area contributed by atoms with Crippen LogP contribution in [0.2, 0.25) is 5.02 Å². The molecular weight excluding hydrogens is 354 g/mol. The predicted octanol–water partition coefficient (Wildman–Crippen LogP) is 3.38. The summed E-state index contributed by atoms with van der Waals surface area (Å²) in [6, 6.07) is 8.75. The van der Waals surface area contributed by atoms with Gasteiger partial charge in [-0.05, 0) is 29.6 Å². The number of benzene rings is 1. The van der Waals surface area contributed by atoms with Crippen LogP contribution in [0.25, 0.3) is 10.2 Å². The molecule has 0 unspecified atom stereocenters. The van der Waals surface area contributed by atoms with E-state index in [-0.39, 0.29) is 17.2 Å². The van der Waals surface area contributed by atoms with Gasteiger partial charge in [-0.2, -0.15) is 0 Å². The Hall–Kier alpha value is -1.83. The van der Waals surface area contributed by atoms with Crippen LogP contribution in [0.4, 0.5) is 5.69 Å². The number of hydrogen-bond donors (Lipinski definition) is 1. The molecule has 0 saturated carbocycles. The molecule has 1 N–H and O–H groups in total. The second-order valence-electron chi connectivity index (χ2n) is 4.74. The lowest BCUT2D eigenvalue weighted by Gasteiger charge is -2.08. The van der Waals surface area contributed by atoms with E-state index in [2.05, 4.69) is 10.3 Å². The molecule has 0 fully saturated rings. The van der Waals surface area contributed by atoms with Crippen LogP contribution < -0.4 is 10.9 Å². The van der Waals surface area contributed by atoms with Crippen LogP contribution in [-0.4, -0.2) is 21.2 Å². The summed E-state index contributed by atoms with van der Waals surface area (Å²) in [5.74, 6) is -0.0282. The fraction of sp³-hybridized carbons (Fsp3) is 0.133. The Labute approximate surface area is 145 Å². The summed E-state index contributed by atoms with van der Waals surface area (Å²) >= 11 is 8.47. The highest BCUT2D eigenvalue weighted by Gasteiger charge is 2.11. The van der Waals surface area contributed by atoms with Crippen molar-refractivity contribution in [2.75, 3.05) is 11.1 Å². The fourth-order valence-electron chi connectivity index (χ4n) is 1.99. The number of carbonyl (C=O) groups excluding carboxylic acids is 1. The Morgan fingerprint density at radius 3 is 3.04 bits per heavy atom. The molecule has 1 amide bonds. The molecule has 0 aliphatic rings. The van der Waals surface area contributed by atoms with E-state index in [9.17, 15) is 9.59 Å². The van der Waals surface area contributed by atoms with Crippen LogP contribution >= 0.6 is 34.7 Å². The molecule has 0 atom stereocenters. The minimum absolute atomic E-state index is 0.0947. The molecule has 0 aliphatic heterocycles. The van der Waals surface area contributed by atoms with Crippen molar-refractivity contribution in [2.45, 2.75) is 5.16 Å². The maximum atomic E-state index is 12.2. The number of carbonyl (C=O) groups is 1. The number of thioether (sulfide) groups is 1. The van der Waals surface area contributed by atoms with E-state index < -0.39 is 0 Å². The highest BCUT2D eigenvalue weighted by atomic mass is 35.5. The van der Waals surface area contributed by atoms with Gasteiger partial charge in [0.05, 0.1) is 11.3 Å². The van der Waals surface area contributed by atoms with Gasteiger partial charge in [-0.1, -0.05) is 29.4 Å². The summed E-state index contributed by atoms with van der Waals surface area (Å²) in [4.78, 5) is 28.6. The molecule has 0 radical (unpaired) electrons. The first-order valence-corrected chi connectivity index (χ1v) is 8.91. The minimum atomic E-state index is -0.183. The van der Waals surface area contributed by atoms with Crippen LogP contribution in [0, 0.1) is 0 Å². The lowest BCUT2D eigenvalue weighted by molar-refractivity contribution is -0.113. The molecule has 5 nitrogen and oxygen atoms in total. The zero-order valence-electron chi connectivity index (χ0n) is 12.1. The SMILES string of the molecule is Cn1c(SCC(=O)Nc2cccc(Cl)c2)nc2ccsc2c1=O. The van der Waals surface area contributed by atoms with Crippen molar-refractivity contribution in [1.82, 2.24) is 9.55 Å². The Bertz CT molecular complexity index is 936. The number of fused-ring (bicyclic) bond motifs is 1. The lowest BCUT2D eigenvalue weighted by Crippen LogP contribution is -2.20. The van der Waals surface area contributed by atoms with E-state index in [1.807, 2.05) is 5.38 Å². The van der Waals surface area contributed by atoms with Crippen molar-refractivity contribution in [3.8, 4) is 0 Å². The average Bonchev–Trinajstić information content (AvgIpc) is 2.98. The molecule has 3 aromatic rings. The summed E-state index contributed by atoms with van der Waals surface area (Å²) in [5, 5.41) is 5.67. The quantitative estimate of drug-likeness (QED) is 0.568. The monoisotopic (exact) mass is 365 g/mol. The van der Waals surface area contributed by atoms with Gasteiger partial charge in [0.15, 0.2) is 5.16 Å². The Morgan fingerprint density at radius 2 is 2.26 bits per heavy atom. The number of aromatic nitrogens is 2. The first-order valence-electron chi connectivity index (χ1n) is 6.67. The lowest BCUT2D eigenvalue weighted by atomic mass is 10.3. The average molecular weight is 366 g/mol. The molecule has 0 aliphatic carbocycles. The molecule has 0 spiro atoms. The summed E-state index contributed by atoms with van der Waals surface area (Å²) in [7, 11) is 1.66. The van der Waals surface area contributed by atoms with Crippen LogP contribution in [-0.2, 0) is 11.8 Å². The number of nitrogens with zero attached hydrogens (tertiary/aromatic N) is 2. The maximum Gasteiger partial charge on any atom is 0.271 e. The second-order valence-corrected chi connectivity index (χ2v) is 7.04. The minimum Gasteiger partial charge on any atom is -0.325 e. The Morgan fingerprint density at radius 1 is 1.43 bits per heavy atom. The van der Waals surface area contributed by atoms with Gasteiger partial charge < -0.3 is 5.32 Å². The van der Waals surface area contributed by atoms with E-state index in [1.54, 1.807) is 37.4 Å². The van der Waals surface area contributed by atoms with Crippen LogP contribution in [0.15, 0.2) is 45.7 Å². The van der Waals surface area contributed by atoms with Crippen molar-refractivity contribution in [1.29, 1.82) is 0 Å². The Kier molecular flexibility index (Phi) is 4.70. The molecule has 8 heteroatoms. The zero-order valence-corrected chi connectivity index (χ0v) is 14.5. The van der Waals surface area contributed by atoms with Crippen molar-refractivity contribution < 1.29 is 4.79 Å². The van der Waals surface area contributed by atoms with Crippen LogP contribution in [0.3, 0.4) is 0 Å². The molecule has 0 saturated heterocycles. The fourth-order valence-corrected chi connectivity index (χ4v) is 3.76. The third-order valence-corrected chi connectivity index (χ3v) is 5.24. The largest absolute Gasteiger partial charge is 0.325 e. The smallest absolute Gasteiger partial charge is 0.271 e. The van der Waals surface area contributed by atoms with Gasteiger partial charge in [0.25, 0.3) is 5.56 Å². The number of thiophene rings is 1. The number of rotatable bonds is 4. The van der Waals surface area contributed by atoms with Crippen molar-refractivity contribution >= 4 is 56.5 Å². The third-order valence-electron chi connectivity index (χ3n) is 3.09. The highest BCUT2D eigenvalue weighted by molar-refractivity contribution is 7.99. The topological polar surface area (TPSA) is 64.0 Å². The van der Waals surface area contributed by atoms with Crippen molar-refractivity contribution in [3.05, 3.63) is 51.1 Å². The first kappa shape index (κ1) is 16.0. The van der Waals surface area contributed by atoms with E-state index in [0.29, 0.717) is 26.1 Å². The number of amides is 1. The van der Waals surface area contributed by atoms with Crippen LogP contribution in [0.5, 0.6) is 0 Å². The summed E-state index contributed by atoms with van der Waals surface area (Å²) in [6.45, 7) is 0. The van der Waals surface area contributed by atoms with Gasteiger partial charge in [-0.3, -0.25) is 14.2 Å². The van der Waals surface area contributed by atoms with Crippen molar-refractivity contribution in [3.63, 3.8) is 0 Å². The summed E-state index contributed by atoms with van der Waals surface area (Å²) < 4.78 is 2.09. The van der Waals surface area contributed by atoms with Gasteiger partial charge >= 0.3 is 0 Å². The molecule has 118 valence electrons. The number of nitrogens with one attached hydrogen (secondary N) is 1. The molecule has 2 aromatic heterocycles. The number of halogens is 1. The van der Waals surface area contributed by atoms with Crippen molar-refractivity contribution in [2.24, 2.45) is 7.05 Å². The van der Waals surface area contributed by atoms with E-state index in [4.69, 9.17) is 11.6 Å². The normalized spacial score (nSPS) is 10.9. The molecule has 1 aromatic carbocycles. The summed E-state index contributed by atoms with van der Waals surface area (Å²) in [6.07, 6.45) is 0.